The Kier molecular flexibility index (Phi) is 7.06. The van der Waals surface area contributed by atoms with E-state index in [0.29, 0.717) is 11.1 Å². The van der Waals surface area contributed by atoms with Crippen molar-refractivity contribution in [2.45, 2.75) is 0 Å². The van der Waals surface area contributed by atoms with E-state index >= 15 is 4.57 Å². The van der Waals surface area contributed by atoms with Gasteiger partial charge in [0.05, 0.1) is 22.4 Å². The molecule has 0 fully saturated rings. The third-order valence-electron chi connectivity index (χ3n) is 10.1. The molecule has 0 bridgehead atoms. The molecule has 0 aliphatic rings. The Morgan fingerprint density at radius 3 is 1.65 bits per heavy atom. The number of rotatable bonds is 5. The predicted octanol–water partition coefficient (Wildman–Crippen LogP) is 10.6. The van der Waals surface area contributed by atoms with Gasteiger partial charge in [-0.15, -0.1) is 0 Å². The highest BCUT2D eigenvalue weighted by Crippen LogP contribution is 2.46. The Morgan fingerprint density at radius 1 is 0.442 bits per heavy atom. The van der Waals surface area contributed by atoms with E-state index in [1.54, 1.807) is 0 Å². The number of aromatic nitrogens is 3. The molecule has 0 N–H and O–H groups in total. The summed E-state index contributed by atoms with van der Waals surface area (Å²) in [4.78, 5) is 15.8. The quantitative estimate of drug-likeness (QED) is 0.134. The Morgan fingerprint density at radius 2 is 1.00 bits per heavy atom. The van der Waals surface area contributed by atoms with Crippen LogP contribution in [0.1, 0.15) is 0 Å². The van der Waals surface area contributed by atoms with Gasteiger partial charge in [0, 0.05) is 49.5 Å². The van der Waals surface area contributed by atoms with Gasteiger partial charge in [-0.1, -0.05) is 152 Å². The molecule has 0 aliphatic heterocycles. The Hall–Kier alpha value is -6.48. The fraction of sp³-hybridized carbons (Fsp3) is 0. The summed E-state index contributed by atoms with van der Waals surface area (Å²) in [5, 5.41) is 10.5. The molecule has 0 spiro atoms. The molecule has 10 aromatic rings. The summed E-state index contributed by atoms with van der Waals surface area (Å²) in [6, 6.07) is 59.2. The third-order valence-corrected chi connectivity index (χ3v) is 13.1. The van der Waals surface area contributed by atoms with E-state index in [-0.39, 0.29) is 0 Å². The van der Waals surface area contributed by atoms with Crippen LogP contribution in [-0.4, -0.2) is 15.0 Å². The summed E-state index contributed by atoms with van der Waals surface area (Å²) in [5.74, 6) is 0. The van der Waals surface area contributed by atoms with E-state index in [2.05, 4.69) is 84.9 Å². The second-order valence-electron chi connectivity index (χ2n) is 13.0. The smallest absolute Gasteiger partial charge is 0.188 e. The minimum atomic E-state index is -3.31. The summed E-state index contributed by atoms with van der Waals surface area (Å²) < 4.78 is 15.4. The Labute approximate surface area is 300 Å². The van der Waals surface area contributed by atoms with Crippen molar-refractivity contribution in [2.24, 2.45) is 0 Å². The zero-order valence-electron chi connectivity index (χ0n) is 28.0. The molecule has 244 valence electrons. The molecule has 5 heteroatoms. The van der Waals surface area contributed by atoms with Crippen LogP contribution < -0.4 is 16.0 Å². The van der Waals surface area contributed by atoms with Gasteiger partial charge in [0.25, 0.3) is 0 Å². The Bertz CT molecular complexity index is 2990. The maximum absolute atomic E-state index is 15.4. The van der Waals surface area contributed by atoms with Crippen molar-refractivity contribution < 1.29 is 4.57 Å². The van der Waals surface area contributed by atoms with Gasteiger partial charge in [-0.25, -0.2) is 9.97 Å². The van der Waals surface area contributed by atoms with Gasteiger partial charge in [0.15, 0.2) is 7.14 Å². The summed E-state index contributed by atoms with van der Waals surface area (Å²) in [5.41, 5.74) is 5.72. The fourth-order valence-electron chi connectivity index (χ4n) is 7.85. The van der Waals surface area contributed by atoms with E-state index in [1.807, 2.05) is 97.2 Å². The topological polar surface area (TPSA) is 55.7 Å². The van der Waals surface area contributed by atoms with Crippen molar-refractivity contribution in [3.63, 3.8) is 0 Å². The molecule has 0 saturated heterocycles. The largest absolute Gasteiger partial charge is 0.307 e. The molecule has 0 atom stereocenters. The van der Waals surface area contributed by atoms with Crippen molar-refractivity contribution in [3.8, 4) is 22.5 Å². The lowest BCUT2D eigenvalue weighted by atomic mass is 9.88. The first-order valence-corrected chi connectivity index (χ1v) is 19.1. The number of benzene rings is 7. The molecule has 3 heterocycles. The molecule has 10 rings (SSSR count). The summed E-state index contributed by atoms with van der Waals surface area (Å²) in [6.07, 6.45) is 1.84. The normalized spacial score (nSPS) is 11.9. The Balaban J connectivity index is 1.33. The second kappa shape index (κ2) is 12.1. The lowest BCUT2D eigenvalue weighted by Crippen LogP contribution is -2.27. The van der Waals surface area contributed by atoms with Crippen LogP contribution in [-0.2, 0) is 4.57 Å². The maximum atomic E-state index is 15.4. The van der Waals surface area contributed by atoms with Gasteiger partial charge >= 0.3 is 0 Å². The summed E-state index contributed by atoms with van der Waals surface area (Å²) in [6.45, 7) is 0. The van der Waals surface area contributed by atoms with Crippen LogP contribution in [0.5, 0.6) is 0 Å². The molecule has 0 aliphatic carbocycles. The first-order chi connectivity index (χ1) is 25.7. The fourth-order valence-corrected chi connectivity index (χ4v) is 10.4. The molecule has 7 aromatic carbocycles. The average molecular weight is 684 g/mol. The molecule has 52 heavy (non-hydrogen) atoms. The number of fused-ring (bicyclic) bond motifs is 10. The zero-order valence-corrected chi connectivity index (χ0v) is 28.9. The lowest BCUT2D eigenvalue weighted by molar-refractivity contribution is 0.592. The number of hydrogen-bond donors (Lipinski definition) is 0. The van der Waals surface area contributed by atoms with Crippen LogP contribution in [0.3, 0.4) is 0 Å². The molecule has 0 radical (unpaired) electrons. The molecule has 0 unspecified atom stereocenters. The van der Waals surface area contributed by atoms with Gasteiger partial charge in [-0.3, -0.25) is 4.98 Å². The van der Waals surface area contributed by atoms with Crippen LogP contribution in [0.25, 0.3) is 76.6 Å². The average Bonchev–Trinajstić information content (AvgIpc) is 3.23. The van der Waals surface area contributed by atoms with E-state index in [0.717, 1.165) is 65.4 Å². The van der Waals surface area contributed by atoms with Crippen LogP contribution in [0.2, 0.25) is 0 Å². The van der Waals surface area contributed by atoms with Gasteiger partial charge in [-0.2, -0.15) is 0 Å². The first-order valence-electron chi connectivity index (χ1n) is 17.4. The van der Waals surface area contributed by atoms with Crippen LogP contribution in [0.15, 0.2) is 182 Å². The lowest BCUT2D eigenvalue weighted by Gasteiger charge is -2.20. The second-order valence-corrected chi connectivity index (χ2v) is 15.8. The third kappa shape index (κ3) is 4.62. The van der Waals surface area contributed by atoms with Crippen molar-refractivity contribution in [1.29, 1.82) is 0 Å². The first kappa shape index (κ1) is 30.4. The van der Waals surface area contributed by atoms with E-state index in [1.165, 1.54) is 16.2 Å². The van der Waals surface area contributed by atoms with E-state index in [4.69, 9.17) is 15.0 Å². The van der Waals surface area contributed by atoms with E-state index < -0.39 is 7.14 Å². The van der Waals surface area contributed by atoms with Crippen LogP contribution >= 0.6 is 7.14 Å². The molecule has 0 amide bonds. The molecule has 0 saturated carbocycles. The number of hydrogen-bond acceptors (Lipinski definition) is 4. The molecular weight excluding hydrogens is 654 g/mol. The standard InChI is InChI=1S/C47H30N3OP/c51-52(32-18-6-2-7-19-32,33-20-8-3-9-21-33)42-28-14-27-40(49-42)39-30-41-43(38-26-15-29-48-47(38)39)44-36-24-12-10-22-34(36)35-23-11-13-25-37(35)45(44)46(50-41)31-16-4-1-5-17-31/h1-30H. The molecule has 4 nitrogen and oxygen atoms in total. The minimum Gasteiger partial charge on any atom is -0.307 e. The highest BCUT2D eigenvalue weighted by Gasteiger charge is 2.31. The summed E-state index contributed by atoms with van der Waals surface area (Å²) in [7, 11) is -3.31. The SMILES string of the molecule is O=P(c1ccccc1)(c1ccccc1)c1cccc(-c2cc3nc(-c4ccccc4)c4c5ccccc5c5ccccc5c4c3c3cccnc23)n1. The molecular formula is C47H30N3OP. The van der Waals surface area contributed by atoms with E-state index in [9.17, 15) is 0 Å². The van der Waals surface area contributed by atoms with Crippen molar-refractivity contribution >= 4 is 77.3 Å². The van der Waals surface area contributed by atoms with Crippen LogP contribution in [0, 0.1) is 0 Å². The van der Waals surface area contributed by atoms with Gasteiger partial charge in [0.1, 0.15) is 5.44 Å². The van der Waals surface area contributed by atoms with Gasteiger partial charge in [0.2, 0.25) is 0 Å². The van der Waals surface area contributed by atoms with Gasteiger partial charge in [-0.05, 0) is 45.8 Å². The van der Waals surface area contributed by atoms with Gasteiger partial charge < -0.3 is 4.57 Å². The monoisotopic (exact) mass is 683 g/mol. The highest BCUT2D eigenvalue weighted by atomic mass is 31.2. The predicted molar refractivity (Wildman–Crippen MR) is 218 cm³/mol. The zero-order chi connectivity index (χ0) is 34.6. The maximum Gasteiger partial charge on any atom is 0.188 e. The summed E-state index contributed by atoms with van der Waals surface area (Å²) >= 11 is 0. The number of pyridine rings is 3. The van der Waals surface area contributed by atoms with Crippen molar-refractivity contribution in [2.75, 3.05) is 0 Å². The van der Waals surface area contributed by atoms with Crippen molar-refractivity contribution in [1.82, 2.24) is 15.0 Å². The van der Waals surface area contributed by atoms with Crippen molar-refractivity contribution in [3.05, 3.63) is 182 Å². The minimum absolute atomic E-state index is 0.528. The van der Waals surface area contributed by atoms with Crippen LogP contribution in [0.4, 0.5) is 0 Å². The molecule has 3 aromatic heterocycles. The number of nitrogens with zero attached hydrogens (tertiary/aromatic N) is 3. The highest BCUT2D eigenvalue weighted by molar-refractivity contribution is 7.85.